The highest BCUT2D eigenvalue weighted by molar-refractivity contribution is 6.33. The lowest BCUT2D eigenvalue weighted by molar-refractivity contribution is -0.0334. The van der Waals surface area contributed by atoms with Gasteiger partial charge in [0, 0.05) is 13.1 Å². The maximum absolute atomic E-state index is 6.01. The summed E-state index contributed by atoms with van der Waals surface area (Å²) in [5.74, 6) is 0.907. The number of ether oxygens (including phenoxy) is 1. The molecular formula is C14H17ClN4O2. The molecule has 1 aromatic heterocycles. The average molecular weight is 309 g/mol. The van der Waals surface area contributed by atoms with Gasteiger partial charge < -0.3 is 15.0 Å². The molecule has 112 valence electrons. The molecule has 6 nitrogen and oxygen atoms in total. The van der Waals surface area contributed by atoms with E-state index < -0.39 is 0 Å². The van der Waals surface area contributed by atoms with Gasteiger partial charge in [0.05, 0.1) is 22.9 Å². The largest absolute Gasteiger partial charge is 0.397 e. The number of likely N-dealkylation sites (N-methyl/N-ethyl adjacent to an activating group) is 1. The molecule has 0 saturated carbocycles. The highest BCUT2D eigenvalue weighted by Crippen LogP contribution is 2.31. The molecule has 0 aliphatic carbocycles. The molecule has 1 atom stereocenters. The number of nitrogens with two attached hydrogens (primary N) is 1. The van der Waals surface area contributed by atoms with Gasteiger partial charge in [-0.2, -0.15) is 4.98 Å². The van der Waals surface area contributed by atoms with Crippen LogP contribution < -0.4 is 5.73 Å². The predicted molar refractivity (Wildman–Crippen MR) is 80.0 cm³/mol. The number of aromatic nitrogens is 2. The highest BCUT2D eigenvalue weighted by Gasteiger charge is 2.26. The van der Waals surface area contributed by atoms with E-state index in [-0.39, 0.29) is 6.10 Å². The van der Waals surface area contributed by atoms with E-state index in [1.165, 1.54) is 0 Å². The van der Waals surface area contributed by atoms with Crippen LogP contribution in [0, 0.1) is 0 Å². The van der Waals surface area contributed by atoms with Gasteiger partial charge in [-0.25, -0.2) is 0 Å². The minimum atomic E-state index is -0.170. The van der Waals surface area contributed by atoms with Crippen molar-refractivity contribution in [2.24, 2.45) is 0 Å². The lowest BCUT2D eigenvalue weighted by atomic mass is 10.2. The number of nitrogen functional groups attached to an aromatic ring is 1. The van der Waals surface area contributed by atoms with E-state index in [0.717, 1.165) is 19.6 Å². The fourth-order valence-corrected chi connectivity index (χ4v) is 2.52. The lowest BCUT2D eigenvalue weighted by Crippen LogP contribution is -2.38. The summed E-state index contributed by atoms with van der Waals surface area (Å²) >= 11 is 6.01. The van der Waals surface area contributed by atoms with Gasteiger partial charge in [0.2, 0.25) is 5.82 Å². The first-order chi connectivity index (χ1) is 10.2. The number of rotatable bonds is 3. The van der Waals surface area contributed by atoms with Crippen LogP contribution in [0.4, 0.5) is 5.69 Å². The van der Waals surface area contributed by atoms with Crippen LogP contribution in [0.25, 0.3) is 11.5 Å². The fourth-order valence-electron chi connectivity index (χ4n) is 2.34. The molecule has 0 bridgehead atoms. The van der Waals surface area contributed by atoms with Gasteiger partial charge >= 0.3 is 0 Å². The van der Waals surface area contributed by atoms with Crippen LogP contribution in [0.2, 0.25) is 5.02 Å². The summed E-state index contributed by atoms with van der Waals surface area (Å²) in [6, 6.07) is 5.33. The first-order valence-corrected chi connectivity index (χ1v) is 7.28. The number of anilines is 1. The summed E-state index contributed by atoms with van der Waals surface area (Å²) in [5, 5.41) is 4.49. The molecule has 21 heavy (non-hydrogen) atoms. The quantitative estimate of drug-likeness (QED) is 0.877. The van der Waals surface area contributed by atoms with Gasteiger partial charge in [0.15, 0.2) is 0 Å². The van der Waals surface area contributed by atoms with Crippen molar-refractivity contribution in [3.63, 3.8) is 0 Å². The standard InChI is InChI=1S/C14H17ClN4O2/c1-2-19-6-7-20-11(8-19)13-17-14(21-18-13)9-4-3-5-10(15)12(9)16/h3-5,11H,2,6-8,16H2,1H3. The van der Waals surface area contributed by atoms with E-state index in [1.807, 2.05) is 0 Å². The highest BCUT2D eigenvalue weighted by atomic mass is 35.5. The SMILES string of the molecule is CCN1CCOC(c2noc(-c3cccc(Cl)c3N)n2)C1. The van der Waals surface area contributed by atoms with Crippen LogP contribution >= 0.6 is 11.6 Å². The third-order valence-corrected chi connectivity index (χ3v) is 3.94. The second-order valence-corrected chi connectivity index (χ2v) is 5.32. The van der Waals surface area contributed by atoms with Gasteiger partial charge in [0.1, 0.15) is 6.10 Å². The summed E-state index contributed by atoms with van der Waals surface area (Å²) < 4.78 is 11.0. The molecule has 7 heteroatoms. The van der Waals surface area contributed by atoms with Gasteiger partial charge in [-0.3, -0.25) is 4.90 Å². The Morgan fingerprint density at radius 3 is 3.14 bits per heavy atom. The monoisotopic (exact) mass is 308 g/mol. The van der Waals surface area contributed by atoms with Crippen LogP contribution in [0.15, 0.2) is 22.7 Å². The van der Waals surface area contributed by atoms with Crippen LogP contribution in [0.1, 0.15) is 18.9 Å². The molecular weight excluding hydrogens is 292 g/mol. The van der Waals surface area contributed by atoms with Gasteiger partial charge in [-0.15, -0.1) is 0 Å². The first kappa shape index (κ1) is 14.3. The molecule has 0 amide bonds. The third kappa shape index (κ3) is 2.88. The zero-order chi connectivity index (χ0) is 14.8. The minimum absolute atomic E-state index is 0.170. The number of hydrogen-bond donors (Lipinski definition) is 1. The van der Waals surface area contributed by atoms with Crippen molar-refractivity contribution in [2.75, 3.05) is 32.0 Å². The molecule has 1 aliphatic heterocycles. The smallest absolute Gasteiger partial charge is 0.260 e. The van der Waals surface area contributed by atoms with E-state index in [0.29, 0.717) is 34.6 Å². The Morgan fingerprint density at radius 2 is 2.33 bits per heavy atom. The molecule has 1 fully saturated rings. The van der Waals surface area contributed by atoms with Gasteiger partial charge in [-0.05, 0) is 18.7 Å². The van der Waals surface area contributed by atoms with Crippen molar-refractivity contribution >= 4 is 17.3 Å². The Hall–Kier alpha value is -1.63. The Bertz CT molecular complexity index is 631. The molecule has 2 heterocycles. The number of halogens is 1. The third-order valence-electron chi connectivity index (χ3n) is 3.61. The summed E-state index contributed by atoms with van der Waals surface area (Å²) in [4.78, 5) is 6.70. The Kier molecular flexibility index (Phi) is 4.10. The normalized spacial score (nSPS) is 19.8. The number of benzene rings is 1. The Balaban J connectivity index is 1.85. The van der Waals surface area contributed by atoms with Crippen molar-refractivity contribution in [2.45, 2.75) is 13.0 Å². The second kappa shape index (κ2) is 6.01. The van der Waals surface area contributed by atoms with Gasteiger partial charge in [0.25, 0.3) is 5.89 Å². The maximum Gasteiger partial charge on any atom is 0.260 e. The molecule has 0 radical (unpaired) electrons. The summed E-state index contributed by atoms with van der Waals surface area (Å²) in [7, 11) is 0. The van der Waals surface area contributed by atoms with E-state index in [9.17, 15) is 0 Å². The van der Waals surface area contributed by atoms with E-state index in [4.69, 9.17) is 26.6 Å². The second-order valence-electron chi connectivity index (χ2n) is 4.91. The maximum atomic E-state index is 6.01. The van der Waals surface area contributed by atoms with Gasteiger partial charge in [-0.1, -0.05) is 29.7 Å². The van der Waals surface area contributed by atoms with E-state index >= 15 is 0 Å². The molecule has 3 rings (SSSR count). The molecule has 1 aromatic carbocycles. The molecule has 1 aliphatic rings. The summed E-state index contributed by atoms with van der Waals surface area (Å²) in [6.07, 6.45) is -0.170. The summed E-state index contributed by atoms with van der Waals surface area (Å²) in [5.41, 5.74) is 7.03. The average Bonchev–Trinajstić information content (AvgIpc) is 3.00. The van der Waals surface area contributed by atoms with E-state index in [1.54, 1.807) is 18.2 Å². The molecule has 0 spiro atoms. The van der Waals surface area contributed by atoms with Crippen molar-refractivity contribution < 1.29 is 9.26 Å². The van der Waals surface area contributed by atoms with Crippen LogP contribution in [0.5, 0.6) is 0 Å². The number of para-hydroxylation sites is 1. The Morgan fingerprint density at radius 1 is 1.48 bits per heavy atom. The fraction of sp³-hybridized carbons (Fsp3) is 0.429. The van der Waals surface area contributed by atoms with Crippen molar-refractivity contribution in [3.8, 4) is 11.5 Å². The zero-order valence-corrected chi connectivity index (χ0v) is 12.5. The van der Waals surface area contributed by atoms with Crippen LogP contribution in [-0.4, -0.2) is 41.3 Å². The van der Waals surface area contributed by atoms with Crippen LogP contribution in [-0.2, 0) is 4.74 Å². The number of morpholine rings is 1. The van der Waals surface area contributed by atoms with Crippen molar-refractivity contribution in [1.82, 2.24) is 15.0 Å². The minimum Gasteiger partial charge on any atom is -0.397 e. The lowest BCUT2D eigenvalue weighted by Gasteiger charge is -2.30. The zero-order valence-electron chi connectivity index (χ0n) is 11.8. The number of nitrogens with zero attached hydrogens (tertiary/aromatic N) is 3. The topological polar surface area (TPSA) is 77.4 Å². The summed E-state index contributed by atoms with van der Waals surface area (Å²) in [6.45, 7) is 5.46. The number of hydrogen-bond acceptors (Lipinski definition) is 6. The Labute approximate surface area is 127 Å². The van der Waals surface area contributed by atoms with Crippen molar-refractivity contribution in [3.05, 3.63) is 29.0 Å². The van der Waals surface area contributed by atoms with Crippen LogP contribution in [0.3, 0.4) is 0 Å². The van der Waals surface area contributed by atoms with Crippen molar-refractivity contribution in [1.29, 1.82) is 0 Å². The molecule has 1 unspecified atom stereocenters. The molecule has 2 aromatic rings. The van der Waals surface area contributed by atoms with E-state index in [2.05, 4.69) is 22.0 Å². The molecule has 1 saturated heterocycles. The predicted octanol–water partition coefficient (Wildman–Crippen LogP) is 2.37. The molecule has 2 N–H and O–H groups in total. The first-order valence-electron chi connectivity index (χ1n) is 6.91.